The van der Waals surface area contributed by atoms with Gasteiger partial charge < -0.3 is 5.41 Å². The smallest absolute Gasteiger partial charge is 0.0448 e. The van der Waals surface area contributed by atoms with Crippen LogP contribution in [-0.4, -0.2) is 5.71 Å². The van der Waals surface area contributed by atoms with Gasteiger partial charge in [-0.15, -0.1) is 0 Å². The maximum Gasteiger partial charge on any atom is 0.0448 e. The van der Waals surface area contributed by atoms with Gasteiger partial charge in [0.1, 0.15) is 0 Å². The van der Waals surface area contributed by atoms with Crippen molar-refractivity contribution in [1.29, 1.82) is 5.41 Å². The fourth-order valence-electron chi connectivity index (χ4n) is 3.30. The summed E-state index contributed by atoms with van der Waals surface area (Å²) in [6.45, 7) is 10.7. The molecule has 1 atom stereocenters. The van der Waals surface area contributed by atoms with Gasteiger partial charge in [0, 0.05) is 22.6 Å². The molecule has 1 N–H and O–H groups in total. The highest BCUT2D eigenvalue weighted by molar-refractivity contribution is 6.13. The quantitative estimate of drug-likeness (QED) is 0.635. The van der Waals surface area contributed by atoms with E-state index in [2.05, 4.69) is 83.2 Å². The van der Waals surface area contributed by atoms with Crippen LogP contribution in [0.3, 0.4) is 0 Å². The topological polar surface area (TPSA) is 23.9 Å². The summed E-state index contributed by atoms with van der Waals surface area (Å²) in [5.74, 6) is 0.289. The summed E-state index contributed by atoms with van der Waals surface area (Å²) in [5, 5.41) is 11.2. The molecule has 0 saturated heterocycles. The fraction of sp³-hybridized carbons (Fsp3) is 0.318. The Balaban J connectivity index is 2.31. The molecule has 0 heterocycles. The standard InChI is InChI=1S/C22H25N/c1-14-10-12-17(15(14)2)19-13-11-16-8-6-7-9-18(16)20(19)21(23)22(3,4)5/h6-13,17,23H,1-5H3. The first kappa shape index (κ1) is 15.7. The van der Waals surface area contributed by atoms with Gasteiger partial charge in [0.15, 0.2) is 0 Å². The molecule has 1 unspecified atom stereocenters. The zero-order valence-electron chi connectivity index (χ0n) is 14.7. The Morgan fingerprint density at radius 2 is 1.70 bits per heavy atom. The summed E-state index contributed by atoms with van der Waals surface area (Å²) in [6.07, 6.45) is 4.48. The third-order valence-corrected chi connectivity index (χ3v) is 4.92. The fourth-order valence-corrected chi connectivity index (χ4v) is 3.30. The van der Waals surface area contributed by atoms with Gasteiger partial charge in [0.25, 0.3) is 0 Å². The summed E-state index contributed by atoms with van der Waals surface area (Å²) in [7, 11) is 0. The van der Waals surface area contributed by atoms with Gasteiger partial charge in [-0.2, -0.15) is 0 Å². The van der Waals surface area contributed by atoms with E-state index in [0.29, 0.717) is 0 Å². The number of fused-ring (bicyclic) bond motifs is 1. The van der Waals surface area contributed by atoms with Gasteiger partial charge in [-0.05, 0) is 30.2 Å². The van der Waals surface area contributed by atoms with E-state index in [1.807, 2.05) is 0 Å². The highest BCUT2D eigenvalue weighted by Gasteiger charge is 2.27. The lowest BCUT2D eigenvalue weighted by molar-refractivity contribution is 0.588. The Kier molecular flexibility index (Phi) is 3.75. The largest absolute Gasteiger partial charge is 0.304 e. The van der Waals surface area contributed by atoms with Crippen LogP contribution >= 0.6 is 0 Å². The molecule has 0 radical (unpaired) electrons. The number of nitrogens with one attached hydrogen (secondary N) is 1. The van der Waals surface area contributed by atoms with Gasteiger partial charge in [-0.25, -0.2) is 0 Å². The van der Waals surface area contributed by atoms with E-state index in [4.69, 9.17) is 5.41 Å². The van der Waals surface area contributed by atoms with Crippen molar-refractivity contribution in [2.75, 3.05) is 0 Å². The van der Waals surface area contributed by atoms with Crippen LogP contribution in [0.1, 0.15) is 51.7 Å². The molecule has 0 aliphatic heterocycles. The molecule has 3 rings (SSSR count). The van der Waals surface area contributed by atoms with Crippen LogP contribution in [-0.2, 0) is 0 Å². The molecular formula is C22H25N. The van der Waals surface area contributed by atoms with Gasteiger partial charge in [0.2, 0.25) is 0 Å². The summed E-state index contributed by atoms with van der Waals surface area (Å²) >= 11 is 0. The average molecular weight is 303 g/mol. The predicted octanol–water partition coefficient (Wildman–Crippen LogP) is 6.24. The van der Waals surface area contributed by atoms with Crippen molar-refractivity contribution in [3.63, 3.8) is 0 Å². The summed E-state index contributed by atoms with van der Waals surface area (Å²) in [4.78, 5) is 0. The number of hydrogen-bond donors (Lipinski definition) is 1. The van der Waals surface area contributed by atoms with E-state index in [-0.39, 0.29) is 11.3 Å². The van der Waals surface area contributed by atoms with E-state index in [1.54, 1.807) is 0 Å². The molecule has 0 spiro atoms. The van der Waals surface area contributed by atoms with Crippen molar-refractivity contribution in [1.82, 2.24) is 0 Å². The van der Waals surface area contributed by atoms with Crippen LogP contribution in [0.15, 0.2) is 59.7 Å². The van der Waals surface area contributed by atoms with Crippen molar-refractivity contribution in [2.24, 2.45) is 5.41 Å². The number of hydrogen-bond acceptors (Lipinski definition) is 1. The minimum Gasteiger partial charge on any atom is -0.304 e. The predicted molar refractivity (Wildman–Crippen MR) is 100 cm³/mol. The Labute approximate surface area is 139 Å². The normalized spacial score (nSPS) is 18.0. The third kappa shape index (κ3) is 2.65. The number of rotatable bonds is 2. The second kappa shape index (κ2) is 5.49. The van der Waals surface area contributed by atoms with Crippen LogP contribution in [0, 0.1) is 10.8 Å². The molecule has 0 fully saturated rings. The van der Waals surface area contributed by atoms with Crippen molar-refractivity contribution < 1.29 is 0 Å². The molecule has 118 valence electrons. The molecule has 2 aromatic carbocycles. The number of benzene rings is 2. The van der Waals surface area contributed by atoms with Gasteiger partial charge >= 0.3 is 0 Å². The summed E-state index contributed by atoms with van der Waals surface area (Å²) in [6, 6.07) is 12.8. The molecule has 0 bridgehead atoms. The van der Waals surface area contributed by atoms with Gasteiger partial charge in [0.05, 0.1) is 0 Å². The Morgan fingerprint density at radius 3 is 2.30 bits per heavy atom. The maximum atomic E-state index is 8.84. The Bertz CT molecular complexity index is 844. The molecule has 1 aliphatic rings. The zero-order valence-corrected chi connectivity index (χ0v) is 14.7. The summed E-state index contributed by atoms with van der Waals surface area (Å²) in [5.41, 5.74) is 5.65. The highest BCUT2D eigenvalue weighted by Crippen LogP contribution is 2.39. The summed E-state index contributed by atoms with van der Waals surface area (Å²) < 4.78 is 0. The Hall–Kier alpha value is -2.15. The lowest BCUT2D eigenvalue weighted by Crippen LogP contribution is -2.22. The molecule has 23 heavy (non-hydrogen) atoms. The van der Waals surface area contributed by atoms with Crippen LogP contribution in [0.25, 0.3) is 10.8 Å². The van der Waals surface area contributed by atoms with Crippen molar-refractivity contribution >= 4 is 16.5 Å². The van der Waals surface area contributed by atoms with Crippen molar-refractivity contribution in [2.45, 2.75) is 40.5 Å². The van der Waals surface area contributed by atoms with Gasteiger partial charge in [-0.1, -0.05) is 80.5 Å². The van der Waals surface area contributed by atoms with E-state index < -0.39 is 0 Å². The highest BCUT2D eigenvalue weighted by atomic mass is 14.5. The minimum absolute atomic E-state index is 0.173. The molecule has 0 amide bonds. The van der Waals surface area contributed by atoms with Crippen molar-refractivity contribution in [3.05, 3.63) is 70.8 Å². The number of allylic oxidation sites excluding steroid dienone is 4. The SMILES string of the molecule is CC1=C(C)C(c2ccc3ccccc3c2C(=N)C(C)(C)C)C=C1. The second-order valence-corrected chi connectivity index (χ2v) is 7.58. The average Bonchev–Trinajstić information content (AvgIpc) is 2.84. The lowest BCUT2D eigenvalue weighted by atomic mass is 9.78. The van der Waals surface area contributed by atoms with Crippen LogP contribution in [0.5, 0.6) is 0 Å². The second-order valence-electron chi connectivity index (χ2n) is 7.58. The van der Waals surface area contributed by atoms with Crippen LogP contribution in [0.4, 0.5) is 0 Å². The molecular weight excluding hydrogens is 278 g/mol. The molecule has 2 aromatic rings. The molecule has 0 aromatic heterocycles. The van der Waals surface area contributed by atoms with E-state index >= 15 is 0 Å². The minimum atomic E-state index is -0.173. The van der Waals surface area contributed by atoms with Crippen LogP contribution in [0.2, 0.25) is 0 Å². The molecule has 1 aliphatic carbocycles. The van der Waals surface area contributed by atoms with E-state index in [0.717, 1.165) is 11.3 Å². The third-order valence-electron chi connectivity index (χ3n) is 4.92. The van der Waals surface area contributed by atoms with Crippen LogP contribution < -0.4 is 0 Å². The molecule has 1 heteroatoms. The first-order valence-electron chi connectivity index (χ1n) is 8.27. The lowest BCUT2D eigenvalue weighted by Gasteiger charge is -2.26. The zero-order chi connectivity index (χ0) is 16.8. The van der Waals surface area contributed by atoms with Crippen molar-refractivity contribution in [3.8, 4) is 0 Å². The Morgan fingerprint density at radius 1 is 1.00 bits per heavy atom. The maximum absolute atomic E-state index is 8.84. The molecule has 0 saturated carbocycles. The first-order valence-corrected chi connectivity index (χ1v) is 8.27. The monoisotopic (exact) mass is 303 g/mol. The van der Waals surface area contributed by atoms with E-state index in [9.17, 15) is 0 Å². The van der Waals surface area contributed by atoms with E-state index in [1.165, 1.54) is 27.5 Å². The molecule has 1 nitrogen and oxygen atoms in total. The first-order chi connectivity index (χ1) is 10.8. The van der Waals surface area contributed by atoms with Gasteiger partial charge in [-0.3, -0.25) is 0 Å².